The van der Waals surface area contributed by atoms with Crippen LogP contribution in [-0.4, -0.2) is 24.8 Å². The summed E-state index contributed by atoms with van der Waals surface area (Å²) in [5.74, 6) is -0.0453. The summed E-state index contributed by atoms with van der Waals surface area (Å²) in [7, 11) is 0. The molecule has 118 valence electrons. The van der Waals surface area contributed by atoms with Gasteiger partial charge in [0.15, 0.2) is 0 Å². The Hall–Kier alpha value is -0.570. The van der Waals surface area contributed by atoms with Crippen molar-refractivity contribution in [3.8, 4) is 0 Å². The molecule has 2 atom stereocenters. The molecule has 3 heteroatoms. The summed E-state index contributed by atoms with van der Waals surface area (Å²) in [6, 6.07) is 0. The predicted molar refractivity (Wildman–Crippen MR) is 81.8 cm³/mol. The summed E-state index contributed by atoms with van der Waals surface area (Å²) in [6.07, 6.45) is 13.5. The molecule has 0 aromatic rings. The van der Waals surface area contributed by atoms with E-state index in [2.05, 4.69) is 6.92 Å². The van der Waals surface area contributed by atoms with Crippen molar-refractivity contribution in [1.82, 2.24) is 0 Å². The fourth-order valence-corrected chi connectivity index (χ4v) is 2.54. The first-order chi connectivity index (χ1) is 9.77. The van der Waals surface area contributed by atoms with E-state index in [4.69, 9.17) is 9.47 Å². The van der Waals surface area contributed by atoms with E-state index in [9.17, 15) is 4.79 Å². The van der Waals surface area contributed by atoms with E-state index in [0.29, 0.717) is 25.2 Å². The molecule has 0 N–H and O–H groups in total. The molecule has 0 spiro atoms. The summed E-state index contributed by atoms with van der Waals surface area (Å²) < 4.78 is 10.7. The largest absolute Gasteiger partial charge is 0.466 e. The van der Waals surface area contributed by atoms with Crippen molar-refractivity contribution in [2.24, 2.45) is 0 Å². The number of epoxide rings is 1. The van der Waals surface area contributed by atoms with Crippen molar-refractivity contribution >= 4 is 5.97 Å². The summed E-state index contributed by atoms with van der Waals surface area (Å²) in [5, 5.41) is 0. The zero-order valence-electron chi connectivity index (χ0n) is 13.4. The van der Waals surface area contributed by atoms with Gasteiger partial charge >= 0.3 is 5.97 Å². The number of hydrogen-bond acceptors (Lipinski definition) is 3. The number of hydrogen-bond donors (Lipinski definition) is 0. The van der Waals surface area contributed by atoms with Crippen molar-refractivity contribution in [1.29, 1.82) is 0 Å². The summed E-state index contributed by atoms with van der Waals surface area (Å²) in [5.41, 5.74) is 0. The third-order valence-corrected chi connectivity index (χ3v) is 3.87. The maximum atomic E-state index is 11.3. The van der Waals surface area contributed by atoms with Gasteiger partial charge in [0, 0.05) is 6.42 Å². The van der Waals surface area contributed by atoms with E-state index < -0.39 is 0 Å². The Balaban J connectivity index is 1.84. The molecule has 1 rings (SSSR count). The number of rotatable bonds is 13. The fraction of sp³-hybridized carbons (Fsp3) is 0.941. The van der Waals surface area contributed by atoms with Crippen molar-refractivity contribution < 1.29 is 14.3 Å². The number of unbranched alkanes of at least 4 members (excludes halogenated alkanes) is 5. The maximum absolute atomic E-state index is 11.3. The lowest BCUT2D eigenvalue weighted by Gasteiger charge is -2.02. The van der Waals surface area contributed by atoms with Crippen LogP contribution in [0.5, 0.6) is 0 Å². The molecular weight excluding hydrogens is 252 g/mol. The topological polar surface area (TPSA) is 38.8 Å². The minimum absolute atomic E-state index is 0.0453. The molecule has 1 aliphatic heterocycles. The second-order valence-electron chi connectivity index (χ2n) is 5.88. The Bertz CT molecular complexity index is 253. The fourth-order valence-electron chi connectivity index (χ4n) is 2.54. The average molecular weight is 284 g/mol. The molecule has 1 fully saturated rings. The zero-order chi connectivity index (χ0) is 14.6. The summed E-state index contributed by atoms with van der Waals surface area (Å²) >= 11 is 0. The van der Waals surface area contributed by atoms with E-state index in [1.54, 1.807) is 0 Å². The van der Waals surface area contributed by atoms with Gasteiger partial charge in [0.25, 0.3) is 0 Å². The second-order valence-corrected chi connectivity index (χ2v) is 5.88. The molecule has 0 bridgehead atoms. The molecule has 0 saturated carbocycles. The number of carbonyl (C=O) groups excluding carboxylic acids is 1. The summed E-state index contributed by atoms with van der Waals surface area (Å²) in [6.45, 7) is 4.82. The molecule has 2 unspecified atom stereocenters. The number of esters is 1. The van der Waals surface area contributed by atoms with Gasteiger partial charge in [0.05, 0.1) is 18.8 Å². The Morgan fingerprint density at radius 1 is 0.900 bits per heavy atom. The van der Waals surface area contributed by atoms with Crippen LogP contribution in [0.15, 0.2) is 0 Å². The lowest BCUT2D eigenvalue weighted by Crippen LogP contribution is -2.05. The van der Waals surface area contributed by atoms with Crippen LogP contribution < -0.4 is 0 Å². The lowest BCUT2D eigenvalue weighted by atomic mass is 10.1. The van der Waals surface area contributed by atoms with E-state index in [0.717, 1.165) is 25.7 Å². The third-order valence-electron chi connectivity index (χ3n) is 3.87. The van der Waals surface area contributed by atoms with Gasteiger partial charge < -0.3 is 9.47 Å². The van der Waals surface area contributed by atoms with Gasteiger partial charge in [-0.05, 0) is 25.7 Å². The molecule has 0 aromatic heterocycles. The average Bonchev–Trinajstić information content (AvgIpc) is 3.19. The highest BCUT2D eigenvalue weighted by Gasteiger charge is 2.36. The van der Waals surface area contributed by atoms with Crippen LogP contribution in [0.4, 0.5) is 0 Å². The molecule has 0 aromatic carbocycles. The van der Waals surface area contributed by atoms with Crippen LogP contribution in [0, 0.1) is 0 Å². The van der Waals surface area contributed by atoms with E-state index >= 15 is 0 Å². The van der Waals surface area contributed by atoms with Crippen LogP contribution in [0.25, 0.3) is 0 Å². The predicted octanol–water partition coefficient (Wildman–Crippen LogP) is 4.63. The van der Waals surface area contributed by atoms with Crippen LogP contribution in [-0.2, 0) is 14.3 Å². The first-order valence-electron chi connectivity index (χ1n) is 8.59. The third kappa shape index (κ3) is 8.57. The Kier molecular flexibility index (Phi) is 9.73. The minimum atomic E-state index is -0.0453. The summed E-state index contributed by atoms with van der Waals surface area (Å²) in [4.78, 5) is 11.3. The molecular formula is C17H32O3. The van der Waals surface area contributed by atoms with Crippen molar-refractivity contribution in [2.75, 3.05) is 6.61 Å². The zero-order valence-corrected chi connectivity index (χ0v) is 13.4. The van der Waals surface area contributed by atoms with Crippen molar-refractivity contribution in [3.63, 3.8) is 0 Å². The van der Waals surface area contributed by atoms with E-state index in [-0.39, 0.29) is 5.97 Å². The van der Waals surface area contributed by atoms with Gasteiger partial charge in [0.1, 0.15) is 0 Å². The smallest absolute Gasteiger partial charge is 0.305 e. The van der Waals surface area contributed by atoms with Crippen LogP contribution >= 0.6 is 0 Å². The Labute approximate surface area is 124 Å². The van der Waals surface area contributed by atoms with E-state index in [1.807, 2.05) is 6.92 Å². The van der Waals surface area contributed by atoms with Crippen molar-refractivity contribution in [2.45, 2.75) is 96.7 Å². The molecule has 0 amide bonds. The first kappa shape index (κ1) is 17.5. The SMILES string of the molecule is CCCCCCCC1OC1CCCCC(=O)OCCC. The van der Waals surface area contributed by atoms with Gasteiger partial charge in [-0.3, -0.25) is 4.79 Å². The molecule has 1 saturated heterocycles. The molecule has 0 aliphatic carbocycles. The maximum Gasteiger partial charge on any atom is 0.305 e. The van der Waals surface area contributed by atoms with Gasteiger partial charge in [-0.15, -0.1) is 0 Å². The number of ether oxygens (including phenoxy) is 2. The highest BCUT2D eigenvalue weighted by molar-refractivity contribution is 5.69. The monoisotopic (exact) mass is 284 g/mol. The standard InChI is InChI=1S/C17H32O3/c1-3-5-6-7-8-11-15-16(20-15)12-9-10-13-17(18)19-14-4-2/h15-16H,3-14H2,1-2H3. The Morgan fingerprint density at radius 3 is 2.20 bits per heavy atom. The van der Waals surface area contributed by atoms with Gasteiger partial charge in [-0.1, -0.05) is 52.4 Å². The highest BCUT2D eigenvalue weighted by Crippen LogP contribution is 2.31. The normalized spacial score (nSPS) is 20.9. The van der Waals surface area contributed by atoms with Gasteiger partial charge in [-0.2, -0.15) is 0 Å². The molecule has 20 heavy (non-hydrogen) atoms. The van der Waals surface area contributed by atoms with E-state index in [1.165, 1.54) is 38.5 Å². The van der Waals surface area contributed by atoms with Gasteiger partial charge in [0.2, 0.25) is 0 Å². The molecule has 1 heterocycles. The molecule has 1 aliphatic rings. The highest BCUT2D eigenvalue weighted by atomic mass is 16.6. The quantitative estimate of drug-likeness (QED) is 0.281. The lowest BCUT2D eigenvalue weighted by molar-refractivity contribution is -0.143. The van der Waals surface area contributed by atoms with Crippen LogP contribution in [0.1, 0.15) is 84.5 Å². The van der Waals surface area contributed by atoms with Crippen LogP contribution in [0.2, 0.25) is 0 Å². The molecule has 0 radical (unpaired) electrons. The second kappa shape index (κ2) is 11.1. The van der Waals surface area contributed by atoms with Gasteiger partial charge in [-0.25, -0.2) is 0 Å². The van der Waals surface area contributed by atoms with Crippen LogP contribution in [0.3, 0.4) is 0 Å². The first-order valence-corrected chi connectivity index (χ1v) is 8.59. The Morgan fingerprint density at radius 2 is 1.55 bits per heavy atom. The molecule has 3 nitrogen and oxygen atoms in total. The minimum Gasteiger partial charge on any atom is -0.466 e. The van der Waals surface area contributed by atoms with Crippen molar-refractivity contribution in [3.05, 3.63) is 0 Å². The number of carbonyl (C=O) groups is 1.